The van der Waals surface area contributed by atoms with Crippen LogP contribution in [0.15, 0.2) is 15.9 Å². The maximum atomic E-state index is 11.1. The number of rotatable bonds is 3. The highest BCUT2D eigenvalue weighted by Crippen LogP contribution is 2.30. The van der Waals surface area contributed by atoms with Crippen LogP contribution in [-0.4, -0.2) is 22.8 Å². The number of carbonyl (C=O) groups is 1. The number of ether oxygens (including phenoxy) is 1. The molecule has 0 bridgehead atoms. The predicted octanol–water partition coefficient (Wildman–Crippen LogP) is 1.21. The highest BCUT2D eigenvalue weighted by atomic mass is 79.9. The van der Waals surface area contributed by atoms with Crippen LogP contribution in [-0.2, 0) is 15.3 Å². The molecule has 1 rings (SSSR count). The van der Waals surface area contributed by atoms with Crippen molar-refractivity contribution in [2.24, 2.45) is 0 Å². The minimum absolute atomic E-state index is 0.105. The third kappa shape index (κ3) is 2.33. The first-order valence-electron chi connectivity index (χ1n) is 3.86. The second-order valence-corrected chi connectivity index (χ2v) is 4.96. The maximum Gasteiger partial charge on any atom is 0.372 e. The zero-order chi connectivity index (χ0) is 10.8. The number of hydrogen-bond acceptors (Lipinski definition) is 5. The summed E-state index contributed by atoms with van der Waals surface area (Å²) in [5.74, 6) is -3.61. The topological polar surface area (TPSA) is 66.8 Å². The fourth-order valence-corrected chi connectivity index (χ4v) is 2.20. The summed E-state index contributed by atoms with van der Waals surface area (Å²) in [6, 6.07) is 3.08. The molecule has 0 atom stereocenters. The Kier molecular flexibility index (Phi) is 3.65. The molecule has 0 fully saturated rings. The second kappa shape index (κ2) is 4.39. The lowest BCUT2D eigenvalue weighted by Gasteiger charge is -2.17. The first-order valence-corrected chi connectivity index (χ1v) is 5.47. The molecule has 0 saturated carbocycles. The lowest BCUT2D eigenvalue weighted by atomic mass is 10.2. The van der Waals surface area contributed by atoms with E-state index in [9.17, 15) is 15.0 Å². The summed E-state index contributed by atoms with van der Waals surface area (Å²) < 4.78 is 5.24. The molecular weight excluding hydrogens is 272 g/mol. The zero-order valence-corrected chi connectivity index (χ0v) is 9.76. The average Bonchev–Trinajstić information content (AvgIpc) is 2.52. The maximum absolute atomic E-state index is 11.1. The molecule has 6 heteroatoms. The normalized spacial score (nSPS) is 11.4. The van der Waals surface area contributed by atoms with Crippen molar-refractivity contribution >= 4 is 33.2 Å². The SMILES string of the molecule is CCOC(=O)C(O)(O)c1ccc(Br)s1. The molecule has 14 heavy (non-hydrogen) atoms. The first kappa shape index (κ1) is 11.6. The summed E-state index contributed by atoms with van der Waals surface area (Å²) in [6.07, 6.45) is 0. The largest absolute Gasteiger partial charge is 0.462 e. The van der Waals surface area contributed by atoms with Gasteiger partial charge in [-0.25, -0.2) is 4.79 Å². The summed E-state index contributed by atoms with van der Waals surface area (Å²) in [5, 5.41) is 18.9. The standard InChI is InChI=1S/C8H9BrO4S/c1-2-13-7(10)8(11,12)5-3-4-6(9)14-5/h3-4,11-12H,2H2,1H3. The van der Waals surface area contributed by atoms with E-state index in [2.05, 4.69) is 20.7 Å². The van der Waals surface area contributed by atoms with Crippen molar-refractivity contribution in [2.45, 2.75) is 12.7 Å². The number of thiophene rings is 1. The van der Waals surface area contributed by atoms with Crippen LogP contribution in [0.25, 0.3) is 0 Å². The second-order valence-electron chi connectivity index (χ2n) is 2.50. The van der Waals surface area contributed by atoms with Crippen molar-refractivity contribution in [2.75, 3.05) is 6.61 Å². The highest BCUT2D eigenvalue weighted by Gasteiger charge is 2.38. The van der Waals surface area contributed by atoms with Gasteiger partial charge in [0.1, 0.15) is 0 Å². The Morgan fingerprint density at radius 1 is 1.64 bits per heavy atom. The molecule has 2 N–H and O–H groups in total. The molecule has 0 spiro atoms. The van der Waals surface area contributed by atoms with Crippen molar-refractivity contribution in [1.82, 2.24) is 0 Å². The lowest BCUT2D eigenvalue weighted by molar-refractivity contribution is -0.212. The number of halogens is 1. The van der Waals surface area contributed by atoms with Gasteiger partial charge in [0.25, 0.3) is 0 Å². The molecule has 0 aliphatic heterocycles. The molecule has 1 heterocycles. The van der Waals surface area contributed by atoms with Crippen LogP contribution in [0.2, 0.25) is 0 Å². The number of esters is 1. The Morgan fingerprint density at radius 2 is 2.29 bits per heavy atom. The lowest BCUT2D eigenvalue weighted by Crippen LogP contribution is -2.36. The number of aliphatic hydroxyl groups is 2. The van der Waals surface area contributed by atoms with Crippen LogP contribution in [0.5, 0.6) is 0 Å². The third-order valence-corrected chi connectivity index (χ3v) is 3.20. The Labute approximate surface area is 93.3 Å². The molecule has 0 saturated heterocycles. The van der Waals surface area contributed by atoms with Gasteiger partial charge in [-0.2, -0.15) is 0 Å². The van der Waals surface area contributed by atoms with Crippen molar-refractivity contribution in [1.29, 1.82) is 0 Å². The number of carbonyl (C=O) groups excluding carboxylic acids is 1. The van der Waals surface area contributed by atoms with Gasteiger partial charge in [0, 0.05) is 0 Å². The average molecular weight is 281 g/mol. The van der Waals surface area contributed by atoms with Crippen LogP contribution >= 0.6 is 27.3 Å². The molecule has 0 amide bonds. The van der Waals surface area contributed by atoms with Crippen LogP contribution < -0.4 is 0 Å². The first-order chi connectivity index (χ1) is 6.48. The van der Waals surface area contributed by atoms with Gasteiger partial charge in [0.2, 0.25) is 0 Å². The van der Waals surface area contributed by atoms with Gasteiger partial charge in [-0.3, -0.25) is 0 Å². The predicted molar refractivity (Wildman–Crippen MR) is 54.8 cm³/mol. The zero-order valence-electron chi connectivity index (χ0n) is 7.36. The van der Waals surface area contributed by atoms with Gasteiger partial charge < -0.3 is 14.9 Å². The Morgan fingerprint density at radius 3 is 2.71 bits per heavy atom. The smallest absolute Gasteiger partial charge is 0.372 e. The Hall–Kier alpha value is -0.430. The highest BCUT2D eigenvalue weighted by molar-refractivity contribution is 9.11. The van der Waals surface area contributed by atoms with Gasteiger partial charge in [-0.15, -0.1) is 11.3 Å². The third-order valence-electron chi connectivity index (χ3n) is 1.48. The fraction of sp³-hybridized carbons (Fsp3) is 0.375. The van der Waals surface area contributed by atoms with Crippen molar-refractivity contribution in [3.05, 3.63) is 20.8 Å². The summed E-state index contributed by atoms with van der Waals surface area (Å²) in [4.78, 5) is 11.3. The van der Waals surface area contributed by atoms with Gasteiger partial charge in [-0.05, 0) is 35.0 Å². The molecule has 4 nitrogen and oxygen atoms in total. The van der Waals surface area contributed by atoms with E-state index in [0.29, 0.717) is 3.79 Å². The number of hydrogen-bond donors (Lipinski definition) is 2. The van der Waals surface area contributed by atoms with Gasteiger partial charge in [0.05, 0.1) is 15.3 Å². The van der Waals surface area contributed by atoms with E-state index < -0.39 is 11.8 Å². The summed E-state index contributed by atoms with van der Waals surface area (Å²) in [5.41, 5.74) is 0. The molecule has 78 valence electrons. The van der Waals surface area contributed by atoms with E-state index in [1.54, 1.807) is 13.0 Å². The molecule has 0 aliphatic carbocycles. The summed E-state index contributed by atoms with van der Waals surface area (Å²) >= 11 is 4.22. The van der Waals surface area contributed by atoms with E-state index >= 15 is 0 Å². The Bertz CT molecular complexity index is 334. The van der Waals surface area contributed by atoms with Crippen molar-refractivity contribution in [3.8, 4) is 0 Å². The molecular formula is C8H9BrO4S. The van der Waals surface area contributed by atoms with E-state index in [1.165, 1.54) is 6.07 Å². The van der Waals surface area contributed by atoms with Crippen molar-refractivity contribution < 1.29 is 19.7 Å². The quantitative estimate of drug-likeness (QED) is 0.645. The van der Waals surface area contributed by atoms with Gasteiger partial charge in [0.15, 0.2) is 0 Å². The van der Waals surface area contributed by atoms with Crippen LogP contribution in [0.3, 0.4) is 0 Å². The fourth-order valence-electron chi connectivity index (χ4n) is 0.834. The molecule has 1 aromatic heterocycles. The molecule has 0 aliphatic rings. The summed E-state index contributed by atoms with van der Waals surface area (Å²) in [6.45, 7) is 1.70. The molecule has 0 aromatic carbocycles. The van der Waals surface area contributed by atoms with Gasteiger partial charge in [-0.1, -0.05) is 0 Å². The van der Waals surface area contributed by atoms with E-state index in [0.717, 1.165) is 11.3 Å². The van der Waals surface area contributed by atoms with Crippen molar-refractivity contribution in [3.63, 3.8) is 0 Å². The molecule has 0 unspecified atom stereocenters. The van der Waals surface area contributed by atoms with Crippen LogP contribution in [0.1, 0.15) is 11.8 Å². The van der Waals surface area contributed by atoms with E-state index in [4.69, 9.17) is 0 Å². The molecule has 1 aromatic rings. The van der Waals surface area contributed by atoms with E-state index in [1.807, 2.05) is 0 Å². The summed E-state index contributed by atoms with van der Waals surface area (Å²) in [7, 11) is 0. The Balaban J connectivity index is 2.89. The van der Waals surface area contributed by atoms with Gasteiger partial charge >= 0.3 is 11.8 Å². The monoisotopic (exact) mass is 280 g/mol. The minimum atomic E-state index is -2.55. The van der Waals surface area contributed by atoms with Crippen LogP contribution in [0, 0.1) is 0 Å². The minimum Gasteiger partial charge on any atom is -0.462 e. The van der Waals surface area contributed by atoms with E-state index in [-0.39, 0.29) is 11.5 Å². The molecule has 0 radical (unpaired) electrons. The van der Waals surface area contributed by atoms with Crippen LogP contribution in [0.4, 0.5) is 0 Å².